The van der Waals surface area contributed by atoms with Crippen molar-refractivity contribution in [2.45, 2.75) is 6.42 Å². The molecule has 0 amide bonds. The predicted molar refractivity (Wildman–Crippen MR) is 145 cm³/mol. The summed E-state index contributed by atoms with van der Waals surface area (Å²) in [5, 5.41) is 21.0. The number of hydrogen-bond donors (Lipinski definition) is 2. The molecule has 0 spiro atoms. The Balaban J connectivity index is 0.000000185. The molecule has 4 aromatic carbocycles. The van der Waals surface area contributed by atoms with Gasteiger partial charge in [-0.15, -0.1) is 0 Å². The molecule has 0 heterocycles. The fourth-order valence-electron chi connectivity index (χ4n) is 3.09. The van der Waals surface area contributed by atoms with E-state index in [1.807, 2.05) is 12.1 Å². The second-order valence-electron chi connectivity index (χ2n) is 7.44. The van der Waals surface area contributed by atoms with Gasteiger partial charge in [-0.2, -0.15) is 0 Å². The molecule has 0 bridgehead atoms. The Kier molecular flexibility index (Phi) is 12.6. The maximum absolute atomic E-state index is 10.2. The third-order valence-corrected chi connectivity index (χ3v) is 4.78. The minimum atomic E-state index is -0.859. The van der Waals surface area contributed by atoms with Crippen LogP contribution in [-0.2, 0) is 30.8 Å². The van der Waals surface area contributed by atoms with Crippen LogP contribution >= 0.6 is 0 Å². The third-order valence-electron chi connectivity index (χ3n) is 4.78. The van der Waals surface area contributed by atoms with Gasteiger partial charge in [-0.25, -0.2) is 9.59 Å². The summed E-state index contributed by atoms with van der Waals surface area (Å²) < 4.78 is 0. The first kappa shape index (κ1) is 29.1. The molecule has 0 aliphatic heterocycles. The standard InChI is InChI=1S/C13H10.C6H6O5.2C6H6O/c1-3-7-12-10(5-1)9-11-6-2-4-8-13(11)12;1-3-5(7)9-11-10-6(8)4-2;2*7-6-4-2-1-3-5-6/h1-8H,9H2;3-4H,1-2H2;2*1-5,7H. The highest BCUT2D eigenvalue weighted by atomic mass is 17.5. The van der Waals surface area contributed by atoms with Gasteiger partial charge in [0.2, 0.25) is 0 Å². The monoisotopic (exact) mass is 512 g/mol. The molecule has 0 atom stereocenters. The summed E-state index contributed by atoms with van der Waals surface area (Å²) in [6.45, 7) is 6.13. The first-order chi connectivity index (χ1) is 18.4. The largest absolute Gasteiger partial charge is 0.508 e. The van der Waals surface area contributed by atoms with E-state index in [0.717, 1.165) is 18.6 Å². The van der Waals surface area contributed by atoms with Crippen LogP contribution in [0.2, 0.25) is 0 Å². The van der Waals surface area contributed by atoms with Crippen molar-refractivity contribution < 1.29 is 34.6 Å². The van der Waals surface area contributed by atoms with Crippen LogP contribution in [0.4, 0.5) is 0 Å². The van der Waals surface area contributed by atoms with E-state index < -0.39 is 11.9 Å². The van der Waals surface area contributed by atoms with Crippen molar-refractivity contribution in [1.29, 1.82) is 0 Å². The van der Waals surface area contributed by atoms with Crippen LogP contribution in [0.15, 0.2) is 135 Å². The van der Waals surface area contributed by atoms with E-state index in [2.05, 4.69) is 76.5 Å². The average Bonchev–Trinajstić information content (AvgIpc) is 3.33. The smallest absolute Gasteiger partial charge is 0.369 e. The lowest BCUT2D eigenvalue weighted by atomic mass is 10.1. The van der Waals surface area contributed by atoms with Crippen LogP contribution in [0.25, 0.3) is 11.1 Å². The summed E-state index contributed by atoms with van der Waals surface area (Å²) in [6.07, 6.45) is 2.80. The molecule has 7 heteroatoms. The van der Waals surface area contributed by atoms with Gasteiger partial charge in [0.1, 0.15) is 11.5 Å². The number of fused-ring (bicyclic) bond motifs is 3. The van der Waals surface area contributed by atoms with Crippen LogP contribution in [-0.4, -0.2) is 22.2 Å². The van der Waals surface area contributed by atoms with Crippen molar-refractivity contribution in [1.82, 2.24) is 0 Å². The average molecular weight is 513 g/mol. The zero-order valence-electron chi connectivity index (χ0n) is 20.6. The Morgan fingerprint density at radius 2 is 0.921 bits per heavy atom. The summed E-state index contributed by atoms with van der Waals surface area (Å²) in [6, 6.07) is 34.7. The second kappa shape index (κ2) is 16.5. The van der Waals surface area contributed by atoms with Gasteiger partial charge in [-0.1, -0.05) is 98.1 Å². The van der Waals surface area contributed by atoms with Gasteiger partial charge in [-0.3, -0.25) is 9.78 Å². The van der Waals surface area contributed by atoms with Gasteiger partial charge < -0.3 is 10.2 Å². The molecule has 38 heavy (non-hydrogen) atoms. The Labute approximate surface area is 221 Å². The molecule has 0 fully saturated rings. The van der Waals surface area contributed by atoms with Crippen LogP contribution < -0.4 is 0 Å². The SMILES string of the molecule is C=CC(=O)OOOC(=O)C=C.Oc1ccccc1.Oc1ccccc1.c1ccc2c(c1)Cc1ccccc1-2. The van der Waals surface area contributed by atoms with Crippen molar-refractivity contribution in [3.8, 4) is 22.6 Å². The van der Waals surface area contributed by atoms with Crippen LogP contribution in [0.3, 0.4) is 0 Å². The van der Waals surface area contributed by atoms with Crippen molar-refractivity contribution in [3.05, 3.63) is 146 Å². The predicted octanol–water partition coefficient (Wildman–Crippen LogP) is 6.33. The molecular weight excluding hydrogens is 484 g/mol. The Morgan fingerprint density at radius 3 is 1.24 bits per heavy atom. The number of hydrogen-bond acceptors (Lipinski definition) is 7. The van der Waals surface area contributed by atoms with Gasteiger partial charge in [0, 0.05) is 17.2 Å². The molecule has 7 nitrogen and oxygen atoms in total. The molecule has 194 valence electrons. The summed E-state index contributed by atoms with van der Waals surface area (Å²) in [7, 11) is 0. The molecular formula is C31H28O7. The number of rotatable bonds is 4. The summed E-state index contributed by atoms with van der Waals surface area (Å²) in [5.74, 6) is -1.08. The van der Waals surface area contributed by atoms with Gasteiger partial charge >= 0.3 is 11.9 Å². The molecule has 0 radical (unpaired) electrons. The van der Waals surface area contributed by atoms with E-state index in [4.69, 9.17) is 10.2 Å². The lowest BCUT2D eigenvalue weighted by molar-refractivity contribution is -0.455. The second-order valence-corrected chi connectivity index (χ2v) is 7.44. The summed E-state index contributed by atoms with van der Waals surface area (Å²) in [4.78, 5) is 28.0. The molecule has 0 saturated carbocycles. The van der Waals surface area contributed by atoms with E-state index in [1.54, 1.807) is 48.5 Å². The van der Waals surface area contributed by atoms with E-state index in [1.165, 1.54) is 22.3 Å². The van der Waals surface area contributed by atoms with Gasteiger partial charge in [-0.05, 0) is 52.9 Å². The minimum Gasteiger partial charge on any atom is -0.508 e. The molecule has 1 aliphatic carbocycles. The summed E-state index contributed by atoms with van der Waals surface area (Å²) >= 11 is 0. The quantitative estimate of drug-likeness (QED) is 0.165. The highest BCUT2D eigenvalue weighted by Crippen LogP contribution is 2.35. The third kappa shape index (κ3) is 10.6. The zero-order valence-corrected chi connectivity index (χ0v) is 20.6. The first-order valence-electron chi connectivity index (χ1n) is 11.4. The minimum absolute atomic E-state index is 0.322. The van der Waals surface area contributed by atoms with E-state index in [9.17, 15) is 9.59 Å². The van der Waals surface area contributed by atoms with Crippen molar-refractivity contribution in [2.75, 3.05) is 0 Å². The maximum Gasteiger partial charge on any atom is 0.369 e. The molecule has 0 unspecified atom stereocenters. The molecule has 4 aromatic rings. The number of phenolic OH excluding ortho intramolecular Hbond substituents is 2. The lowest BCUT2D eigenvalue weighted by Gasteiger charge is -1.98. The maximum atomic E-state index is 10.2. The van der Waals surface area contributed by atoms with Gasteiger partial charge in [0.15, 0.2) is 0 Å². The Bertz CT molecular complexity index is 1200. The number of para-hydroxylation sites is 2. The van der Waals surface area contributed by atoms with E-state index in [-0.39, 0.29) is 0 Å². The Morgan fingerprint density at radius 1 is 0.579 bits per heavy atom. The van der Waals surface area contributed by atoms with E-state index >= 15 is 0 Å². The normalized spacial score (nSPS) is 9.68. The van der Waals surface area contributed by atoms with Crippen molar-refractivity contribution >= 4 is 11.9 Å². The molecule has 2 N–H and O–H groups in total. The topological polar surface area (TPSA) is 102 Å². The van der Waals surface area contributed by atoms with Crippen molar-refractivity contribution in [3.63, 3.8) is 0 Å². The molecule has 0 saturated heterocycles. The number of aromatic hydroxyl groups is 2. The molecule has 0 aromatic heterocycles. The van der Waals surface area contributed by atoms with Crippen LogP contribution in [0.5, 0.6) is 11.5 Å². The first-order valence-corrected chi connectivity index (χ1v) is 11.4. The highest BCUT2D eigenvalue weighted by molar-refractivity contribution is 5.81. The molecule has 5 rings (SSSR count). The van der Waals surface area contributed by atoms with Crippen LogP contribution in [0, 0.1) is 0 Å². The van der Waals surface area contributed by atoms with Gasteiger partial charge in [0.05, 0.1) is 0 Å². The van der Waals surface area contributed by atoms with Gasteiger partial charge in [0.25, 0.3) is 0 Å². The fraction of sp³-hybridized carbons (Fsp3) is 0.0323. The number of carbonyl (C=O) groups excluding carboxylic acids is 2. The number of carbonyl (C=O) groups is 2. The number of benzene rings is 4. The van der Waals surface area contributed by atoms with E-state index in [0.29, 0.717) is 11.5 Å². The van der Waals surface area contributed by atoms with Crippen LogP contribution in [0.1, 0.15) is 11.1 Å². The van der Waals surface area contributed by atoms with Crippen molar-refractivity contribution in [2.24, 2.45) is 0 Å². The zero-order chi connectivity index (χ0) is 27.6. The lowest BCUT2D eigenvalue weighted by Crippen LogP contribution is -2.06. The highest BCUT2D eigenvalue weighted by Gasteiger charge is 2.15. The summed E-state index contributed by atoms with van der Waals surface area (Å²) in [5.41, 5.74) is 5.75. The Hall–Kier alpha value is -5.14. The fourth-order valence-corrected chi connectivity index (χ4v) is 3.09. The number of phenols is 2. The molecule has 1 aliphatic rings.